The zero-order chi connectivity index (χ0) is 34.1. The number of nitrogens with zero attached hydrogens (tertiary/aromatic N) is 6. The quantitative estimate of drug-likeness (QED) is 0.0740. The van der Waals surface area contributed by atoms with Gasteiger partial charge in [-0.25, -0.2) is 13.2 Å². The summed E-state index contributed by atoms with van der Waals surface area (Å²) in [5.41, 5.74) is 10.1. The molecule has 0 saturated carbocycles. The number of rotatable bonds is 13. The van der Waals surface area contributed by atoms with Crippen molar-refractivity contribution in [3.63, 3.8) is 0 Å². The maximum absolute atomic E-state index is 14.5. The Kier molecular flexibility index (Phi) is 17.2. The first-order chi connectivity index (χ1) is 22.0. The molecule has 10 nitrogen and oxygen atoms in total. The van der Waals surface area contributed by atoms with Crippen molar-refractivity contribution < 1.29 is 23.1 Å². The molecule has 0 atom stereocenters. The van der Waals surface area contributed by atoms with Crippen LogP contribution in [0.2, 0.25) is 5.15 Å². The van der Waals surface area contributed by atoms with Gasteiger partial charge < -0.3 is 21.5 Å². The van der Waals surface area contributed by atoms with Crippen LogP contribution < -0.4 is 16.4 Å². The number of fused-ring (bicyclic) bond motifs is 1. The van der Waals surface area contributed by atoms with Crippen molar-refractivity contribution in [1.29, 1.82) is 0 Å². The summed E-state index contributed by atoms with van der Waals surface area (Å²) in [6.07, 6.45) is 16.6. The number of aromatic nitrogens is 4. The van der Waals surface area contributed by atoms with E-state index in [1.54, 1.807) is 0 Å². The van der Waals surface area contributed by atoms with Crippen LogP contribution in [-0.4, -0.2) is 56.3 Å². The maximum atomic E-state index is 14.5. The number of carboxylic acids is 1. The minimum atomic E-state index is -1.04. The van der Waals surface area contributed by atoms with Gasteiger partial charge in [0.2, 0.25) is 0 Å². The Hall–Kier alpha value is -3.61. The number of aliphatic imine (C=N–C) groups is 1. The Labute approximate surface area is 274 Å². The fourth-order valence-corrected chi connectivity index (χ4v) is 5.37. The van der Waals surface area contributed by atoms with Gasteiger partial charge in [-0.15, -0.1) is 0 Å². The van der Waals surface area contributed by atoms with Gasteiger partial charge in [-0.1, -0.05) is 83.2 Å². The monoisotopic (exact) mass is 668 g/mol. The van der Waals surface area contributed by atoms with Crippen LogP contribution >= 0.6 is 11.6 Å². The van der Waals surface area contributed by atoms with Crippen LogP contribution in [0.4, 0.5) is 19.0 Å². The van der Waals surface area contributed by atoms with E-state index in [0.717, 1.165) is 32.7 Å². The van der Waals surface area contributed by atoms with Crippen LogP contribution in [0.5, 0.6) is 0 Å². The van der Waals surface area contributed by atoms with Crippen LogP contribution in [-0.2, 0) is 4.79 Å². The Bertz CT molecular complexity index is 1370. The Morgan fingerprint density at radius 2 is 1.50 bits per heavy atom. The number of hydrogen-bond acceptors (Lipinski definition) is 6. The Balaban J connectivity index is 0.000000317. The topological polar surface area (TPSA) is 148 Å². The second kappa shape index (κ2) is 20.5. The highest BCUT2D eigenvalue weighted by Crippen LogP contribution is 2.40. The van der Waals surface area contributed by atoms with Crippen LogP contribution in [0.3, 0.4) is 0 Å². The summed E-state index contributed by atoms with van der Waals surface area (Å²) in [4.78, 5) is 23.0. The average Bonchev–Trinajstić information content (AvgIpc) is 3.44. The Morgan fingerprint density at radius 3 is 2.02 bits per heavy atom. The summed E-state index contributed by atoms with van der Waals surface area (Å²) in [7, 11) is 0. The summed E-state index contributed by atoms with van der Waals surface area (Å²) < 4.78 is 43.7. The molecular formula is C32H48ClF3N8O2. The van der Waals surface area contributed by atoms with Gasteiger partial charge in [-0.3, -0.25) is 9.79 Å². The predicted octanol–water partition coefficient (Wildman–Crippen LogP) is 7.37. The minimum Gasteiger partial charge on any atom is -0.481 e. The lowest BCUT2D eigenvalue weighted by molar-refractivity contribution is -0.134. The van der Waals surface area contributed by atoms with Crippen molar-refractivity contribution in [2.24, 2.45) is 22.4 Å². The van der Waals surface area contributed by atoms with Crippen LogP contribution in [0.15, 0.2) is 23.5 Å². The van der Waals surface area contributed by atoms with Gasteiger partial charge in [0, 0.05) is 38.7 Å². The molecule has 0 aliphatic carbocycles. The van der Waals surface area contributed by atoms with E-state index in [1.807, 2.05) is 4.90 Å². The SMILES string of the molecule is CC(=O)O.CC1CCN(c2c(-c3c(F)cc(F)cc3F)c(Cl)nc3ncnn23)CC1.CCCCCCCCCCCCN=C(N)N. The van der Waals surface area contributed by atoms with Crippen molar-refractivity contribution in [2.45, 2.75) is 97.8 Å². The maximum Gasteiger partial charge on any atom is 0.300 e. The zero-order valence-corrected chi connectivity index (χ0v) is 27.9. The number of carboxylic acid groups (broad SMARTS) is 1. The lowest BCUT2D eigenvalue weighted by Crippen LogP contribution is -2.35. The minimum absolute atomic E-state index is 0.0502. The van der Waals surface area contributed by atoms with Gasteiger partial charge in [0.25, 0.3) is 11.7 Å². The molecule has 5 N–H and O–H groups in total. The molecule has 3 aromatic rings. The first-order valence-electron chi connectivity index (χ1n) is 16.0. The van der Waals surface area contributed by atoms with Crippen molar-refractivity contribution in [2.75, 3.05) is 24.5 Å². The highest BCUT2D eigenvalue weighted by atomic mass is 35.5. The molecule has 0 spiro atoms. The second-order valence-electron chi connectivity index (χ2n) is 11.5. The molecule has 256 valence electrons. The van der Waals surface area contributed by atoms with E-state index in [-0.39, 0.29) is 22.5 Å². The molecule has 1 aromatic carbocycles. The van der Waals surface area contributed by atoms with E-state index in [9.17, 15) is 13.2 Å². The number of hydrogen-bond donors (Lipinski definition) is 3. The molecule has 0 amide bonds. The van der Waals surface area contributed by atoms with E-state index < -0.39 is 29.0 Å². The van der Waals surface area contributed by atoms with Crippen LogP contribution in [0.1, 0.15) is 97.8 Å². The molecule has 3 heterocycles. The fourth-order valence-electron chi connectivity index (χ4n) is 5.12. The second-order valence-corrected chi connectivity index (χ2v) is 11.9. The third-order valence-corrected chi connectivity index (χ3v) is 7.78. The van der Waals surface area contributed by atoms with Gasteiger partial charge in [0.05, 0.1) is 11.1 Å². The van der Waals surface area contributed by atoms with Crippen molar-refractivity contribution in [3.8, 4) is 11.1 Å². The zero-order valence-electron chi connectivity index (χ0n) is 27.1. The van der Waals surface area contributed by atoms with Gasteiger partial charge in [0.15, 0.2) is 5.96 Å². The molecule has 4 rings (SSSR count). The number of guanidine groups is 1. The molecule has 1 aliphatic heterocycles. The molecule has 1 fully saturated rings. The lowest BCUT2D eigenvalue weighted by Gasteiger charge is -2.33. The normalized spacial score (nSPS) is 13.1. The lowest BCUT2D eigenvalue weighted by atomic mass is 9.98. The molecule has 0 radical (unpaired) electrons. The van der Waals surface area contributed by atoms with E-state index >= 15 is 0 Å². The highest BCUT2D eigenvalue weighted by molar-refractivity contribution is 6.33. The van der Waals surface area contributed by atoms with E-state index in [2.05, 4.69) is 33.9 Å². The summed E-state index contributed by atoms with van der Waals surface area (Å²) in [6.45, 7) is 7.64. The van der Waals surface area contributed by atoms with Gasteiger partial charge in [-0.05, 0) is 25.2 Å². The van der Waals surface area contributed by atoms with Gasteiger partial charge in [0.1, 0.15) is 34.7 Å². The molecule has 0 unspecified atom stereocenters. The first kappa shape index (κ1) is 38.6. The van der Waals surface area contributed by atoms with E-state index in [0.29, 0.717) is 37.0 Å². The number of aliphatic carboxylic acids is 1. The molecule has 1 aliphatic rings. The fraction of sp³-hybridized carbons (Fsp3) is 0.594. The number of unbranched alkanes of at least 4 members (excludes halogenated alkanes) is 9. The number of halogens is 4. The molecule has 0 bridgehead atoms. The van der Waals surface area contributed by atoms with Crippen molar-refractivity contribution in [3.05, 3.63) is 41.1 Å². The van der Waals surface area contributed by atoms with Crippen LogP contribution in [0.25, 0.3) is 16.9 Å². The first-order valence-corrected chi connectivity index (χ1v) is 16.4. The molecule has 2 aromatic heterocycles. The highest BCUT2D eigenvalue weighted by Gasteiger charge is 2.28. The number of benzene rings is 1. The largest absolute Gasteiger partial charge is 0.481 e. The van der Waals surface area contributed by atoms with Crippen molar-refractivity contribution >= 4 is 35.1 Å². The number of piperidine rings is 1. The summed E-state index contributed by atoms with van der Waals surface area (Å²) >= 11 is 6.29. The Morgan fingerprint density at radius 1 is 0.978 bits per heavy atom. The molecule has 46 heavy (non-hydrogen) atoms. The summed E-state index contributed by atoms with van der Waals surface area (Å²) in [5, 5.41) is 11.4. The number of carbonyl (C=O) groups is 1. The van der Waals surface area contributed by atoms with Crippen molar-refractivity contribution in [1.82, 2.24) is 19.6 Å². The standard InChI is InChI=1S/C17H15ClF3N5.C13H29N3.C2H4O2/c1-9-2-4-25(5-3-9)16-14(13-11(20)6-10(19)7-12(13)21)15(18)24-17-22-8-23-26(16)17;1-2-3-4-5-6-7-8-9-10-11-12-16-13(14)15;1-2(3)4/h6-9H,2-5H2,1H3;2-12H2,1H3,(H4,14,15,16);1H3,(H,3,4). The number of anilines is 1. The van der Waals surface area contributed by atoms with Crippen LogP contribution in [0, 0.1) is 23.4 Å². The molecular weight excluding hydrogens is 621 g/mol. The molecule has 14 heteroatoms. The number of nitrogens with two attached hydrogens (primary N) is 2. The van der Waals surface area contributed by atoms with Gasteiger partial charge in [-0.2, -0.15) is 19.6 Å². The third kappa shape index (κ3) is 13.0. The summed E-state index contributed by atoms with van der Waals surface area (Å²) in [5.74, 6) is -2.50. The molecule has 1 saturated heterocycles. The average molecular weight is 669 g/mol. The smallest absolute Gasteiger partial charge is 0.300 e. The predicted molar refractivity (Wildman–Crippen MR) is 178 cm³/mol. The summed E-state index contributed by atoms with van der Waals surface area (Å²) in [6, 6.07) is 1.25. The van der Waals surface area contributed by atoms with E-state index in [1.165, 1.54) is 68.6 Å². The van der Waals surface area contributed by atoms with E-state index in [4.69, 9.17) is 33.0 Å². The van der Waals surface area contributed by atoms with Gasteiger partial charge >= 0.3 is 0 Å². The third-order valence-electron chi connectivity index (χ3n) is 7.50.